The van der Waals surface area contributed by atoms with Crippen molar-refractivity contribution in [3.05, 3.63) is 11.9 Å². The van der Waals surface area contributed by atoms with Crippen LogP contribution >= 0.6 is 0 Å². The molecule has 6 heteroatoms. The average molecular weight is 549 g/mol. The Morgan fingerprint density at radius 1 is 0.744 bits per heavy atom. The number of nitrogens with zero attached hydrogens (tertiary/aromatic N) is 3. The number of aryl methyl sites for hydroxylation is 2. The largest absolute Gasteiger partial charge is 0.381 e. The molecule has 1 unspecified atom stereocenters. The summed E-state index contributed by atoms with van der Waals surface area (Å²) in [4.78, 5) is 12.6. The molecule has 0 spiro atoms. The second kappa shape index (κ2) is 26.8. The lowest BCUT2D eigenvalue weighted by Crippen LogP contribution is -2.34. The molecule has 1 amide bonds. The molecule has 0 saturated heterocycles. The summed E-state index contributed by atoms with van der Waals surface area (Å²) in [7, 11) is 0. The van der Waals surface area contributed by atoms with Gasteiger partial charge in [-0.1, -0.05) is 116 Å². The predicted molar refractivity (Wildman–Crippen MR) is 165 cm³/mol. The molecule has 0 bridgehead atoms. The van der Waals surface area contributed by atoms with Gasteiger partial charge in [0, 0.05) is 38.4 Å². The topological polar surface area (TPSA) is 69.0 Å². The van der Waals surface area contributed by atoms with Gasteiger partial charge in [-0.15, -0.1) is 5.10 Å². The quantitative estimate of drug-likeness (QED) is 0.101. The fourth-order valence-corrected chi connectivity index (χ4v) is 5.12. The minimum Gasteiger partial charge on any atom is -0.381 e. The predicted octanol–water partition coefficient (Wildman–Crippen LogP) is 8.96. The second-order valence-electron chi connectivity index (χ2n) is 11.6. The van der Waals surface area contributed by atoms with Crippen LogP contribution in [0.1, 0.15) is 168 Å². The third-order valence-corrected chi connectivity index (χ3v) is 7.67. The van der Waals surface area contributed by atoms with Crippen molar-refractivity contribution in [2.24, 2.45) is 0 Å². The number of unbranched alkanes of at least 4 members (excludes halogenated alkanes) is 14. The van der Waals surface area contributed by atoms with Gasteiger partial charge in [-0.2, -0.15) is 0 Å². The summed E-state index contributed by atoms with van der Waals surface area (Å²) in [5, 5.41) is 12.0. The van der Waals surface area contributed by atoms with Crippen molar-refractivity contribution in [2.75, 3.05) is 13.2 Å². The van der Waals surface area contributed by atoms with E-state index in [1.165, 1.54) is 89.9 Å². The van der Waals surface area contributed by atoms with Crippen molar-refractivity contribution in [3.63, 3.8) is 0 Å². The molecule has 1 aromatic rings. The number of carbonyl (C=O) groups excluding carboxylic acids is 1. The van der Waals surface area contributed by atoms with E-state index < -0.39 is 0 Å². The van der Waals surface area contributed by atoms with E-state index in [9.17, 15) is 4.79 Å². The first-order valence-corrected chi connectivity index (χ1v) is 17.0. The van der Waals surface area contributed by atoms with Gasteiger partial charge < -0.3 is 10.1 Å². The SMILES string of the molecule is CCCCCCCCOCCCCc1cn(CCCCCC(=O)NC(CCCCC)CCCCCCC)nn1. The number of nitrogens with one attached hydrogen (secondary N) is 1. The van der Waals surface area contributed by atoms with Crippen LogP contribution in [0, 0.1) is 0 Å². The first-order valence-electron chi connectivity index (χ1n) is 17.0. The highest BCUT2D eigenvalue weighted by Crippen LogP contribution is 2.13. The second-order valence-corrected chi connectivity index (χ2v) is 11.6. The van der Waals surface area contributed by atoms with Crippen molar-refractivity contribution in [1.29, 1.82) is 0 Å². The van der Waals surface area contributed by atoms with E-state index in [0.717, 1.165) is 76.8 Å². The number of aromatic nitrogens is 3. The van der Waals surface area contributed by atoms with Gasteiger partial charge in [-0.05, 0) is 51.4 Å². The van der Waals surface area contributed by atoms with E-state index >= 15 is 0 Å². The summed E-state index contributed by atoms with van der Waals surface area (Å²) in [6.07, 6.45) is 29.3. The fraction of sp³-hybridized carbons (Fsp3) is 0.909. The fourth-order valence-electron chi connectivity index (χ4n) is 5.12. The molecule has 0 radical (unpaired) electrons. The first-order chi connectivity index (χ1) is 19.2. The highest BCUT2D eigenvalue weighted by Gasteiger charge is 2.12. The summed E-state index contributed by atoms with van der Waals surface area (Å²) in [6, 6.07) is 0.367. The molecule has 0 aliphatic carbocycles. The highest BCUT2D eigenvalue weighted by molar-refractivity contribution is 5.76. The smallest absolute Gasteiger partial charge is 0.220 e. The monoisotopic (exact) mass is 549 g/mol. The van der Waals surface area contributed by atoms with E-state index in [4.69, 9.17) is 4.74 Å². The average Bonchev–Trinajstić information content (AvgIpc) is 3.39. The molecule has 1 atom stereocenters. The van der Waals surface area contributed by atoms with Gasteiger partial charge in [0.1, 0.15) is 0 Å². The summed E-state index contributed by atoms with van der Waals surface area (Å²) in [6.45, 7) is 9.40. The lowest BCUT2D eigenvalue weighted by Gasteiger charge is -2.19. The van der Waals surface area contributed by atoms with Crippen LogP contribution in [-0.2, 0) is 22.5 Å². The van der Waals surface area contributed by atoms with E-state index in [1.807, 2.05) is 4.68 Å². The van der Waals surface area contributed by atoms with Crippen molar-refractivity contribution in [3.8, 4) is 0 Å². The van der Waals surface area contributed by atoms with E-state index in [2.05, 4.69) is 42.6 Å². The Kier molecular flexibility index (Phi) is 24.4. The lowest BCUT2D eigenvalue weighted by molar-refractivity contribution is -0.122. The van der Waals surface area contributed by atoms with Gasteiger partial charge in [0.25, 0.3) is 0 Å². The van der Waals surface area contributed by atoms with Crippen molar-refractivity contribution >= 4 is 5.91 Å². The molecular formula is C33H64N4O2. The molecule has 0 aliphatic heterocycles. The van der Waals surface area contributed by atoms with Gasteiger partial charge in [0.15, 0.2) is 0 Å². The zero-order valence-electron chi connectivity index (χ0n) is 26.2. The molecule has 0 fully saturated rings. The molecule has 1 heterocycles. The molecule has 39 heavy (non-hydrogen) atoms. The van der Waals surface area contributed by atoms with Crippen LogP contribution in [0.3, 0.4) is 0 Å². The van der Waals surface area contributed by atoms with Crippen molar-refractivity contribution in [2.45, 2.75) is 181 Å². The van der Waals surface area contributed by atoms with Crippen molar-refractivity contribution < 1.29 is 9.53 Å². The standard InChI is InChI=1S/C33H64N4O2/c1-4-7-10-12-14-21-28-39-29-22-19-25-32-30-37(36-35-32)27-20-15-18-26-33(38)34-31(23-16-9-6-3)24-17-13-11-8-5-2/h30-31H,4-29H2,1-3H3,(H,34,38). The Hall–Kier alpha value is -1.43. The molecule has 0 aliphatic rings. The van der Waals surface area contributed by atoms with Gasteiger partial charge in [-0.3, -0.25) is 9.48 Å². The van der Waals surface area contributed by atoms with Gasteiger partial charge in [0.2, 0.25) is 5.91 Å². The third-order valence-electron chi connectivity index (χ3n) is 7.67. The first kappa shape index (κ1) is 35.6. The normalized spacial score (nSPS) is 12.2. The Labute approximate surface area is 241 Å². The maximum atomic E-state index is 12.6. The Morgan fingerprint density at radius 2 is 1.31 bits per heavy atom. The zero-order valence-corrected chi connectivity index (χ0v) is 26.2. The van der Waals surface area contributed by atoms with Crippen LogP contribution in [0.5, 0.6) is 0 Å². The van der Waals surface area contributed by atoms with E-state index in [1.54, 1.807) is 0 Å². The third kappa shape index (κ3) is 22.0. The molecule has 228 valence electrons. The summed E-state index contributed by atoms with van der Waals surface area (Å²) in [5.41, 5.74) is 1.08. The molecular weight excluding hydrogens is 484 g/mol. The molecule has 1 rings (SSSR count). The molecule has 6 nitrogen and oxygen atoms in total. The molecule has 0 aromatic carbocycles. The van der Waals surface area contributed by atoms with Crippen molar-refractivity contribution in [1.82, 2.24) is 20.3 Å². The maximum Gasteiger partial charge on any atom is 0.220 e. The van der Waals surface area contributed by atoms with Crippen LogP contribution in [0.2, 0.25) is 0 Å². The Bertz CT molecular complexity index is 664. The highest BCUT2D eigenvalue weighted by atomic mass is 16.5. The number of hydrogen-bond acceptors (Lipinski definition) is 4. The minimum absolute atomic E-state index is 0.240. The van der Waals surface area contributed by atoms with Crippen LogP contribution in [0.4, 0.5) is 0 Å². The molecule has 1 N–H and O–H groups in total. The van der Waals surface area contributed by atoms with Crippen LogP contribution in [0.15, 0.2) is 6.20 Å². The number of amides is 1. The summed E-state index contributed by atoms with van der Waals surface area (Å²) >= 11 is 0. The minimum atomic E-state index is 0.240. The van der Waals surface area contributed by atoms with Gasteiger partial charge in [-0.25, -0.2) is 0 Å². The number of carbonyl (C=O) groups is 1. The molecule has 0 saturated carbocycles. The van der Waals surface area contributed by atoms with Gasteiger partial charge >= 0.3 is 0 Å². The lowest BCUT2D eigenvalue weighted by atomic mass is 10.0. The Morgan fingerprint density at radius 3 is 2.03 bits per heavy atom. The van der Waals surface area contributed by atoms with Crippen LogP contribution < -0.4 is 5.32 Å². The Balaban J connectivity index is 2.07. The molecule has 1 aromatic heterocycles. The summed E-state index contributed by atoms with van der Waals surface area (Å²) < 4.78 is 7.74. The van der Waals surface area contributed by atoms with Crippen LogP contribution in [-0.4, -0.2) is 40.2 Å². The summed E-state index contributed by atoms with van der Waals surface area (Å²) in [5.74, 6) is 0.240. The van der Waals surface area contributed by atoms with E-state index in [-0.39, 0.29) is 5.91 Å². The van der Waals surface area contributed by atoms with Gasteiger partial charge in [0.05, 0.1) is 5.69 Å². The maximum absolute atomic E-state index is 12.6. The van der Waals surface area contributed by atoms with E-state index in [0.29, 0.717) is 12.5 Å². The number of hydrogen-bond donors (Lipinski definition) is 1. The zero-order chi connectivity index (χ0) is 28.2. The number of ether oxygens (including phenoxy) is 1. The number of rotatable bonds is 29. The van der Waals surface area contributed by atoms with Crippen LogP contribution in [0.25, 0.3) is 0 Å².